The minimum atomic E-state index is -0.166. The van der Waals surface area contributed by atoms with Gasteiger partial charge in [0.1, 0.15) is 0 Å². The zero-order valence-electron chi connectivity index (χ0n) is 24.9. The monoisotopic (exact) mass is 559 g/mol. The molecule has 3 heterocycles. The van der Waals surface area contributed by atoms with Gasteiger partial charge in [-0.25, -0.2) is 0 Å². The molecule has 8 rings (SSSR count). The Hall–Kier alpha value is -5.16. The zero-order valence-corrected chi connectivity index (χ0v) is 24.9. The number of hydrogen-bond acceptors (Lipinski definition) is 4. The van der Waals surface area contributed by atoms with Gasteiger partial charge in [0.15, 0.2) is 0 Å². The highest BCUT2D eigenvalue weighted by Gasteiger charge is 2.41. The van der Waals surface area contributed by atoms with Crippen LogP contribution in [0.15, 0.2) is 127 Å². The normalized spacial score (nSPS) is 15.7. The van der Waals surface area contributed by atoms with Crippen molar-refractivity contribution in [1.29, 1.82) is 0 Å². The second-order valence-corrected chi connectivity index (χ2v) is 12.4. The molecule has 6 aromatic rings. The Kier molecular flexibility index (Phi) is 5.45. The van der Waals surface area contributed by atoms with Crippen LogP contribution in [0, 0.1) is 0 Å². The van der Waals surface area contributed by atoms with Crippen LogP contribution in [0.1, 0.15) is 49.9 Å². The van der Waals surface area contributed by atoms with Crippen LogP contribution in [-0.2, 0) is 10.8 Å². The topological polar surface area (TPSA) is 37.2 Å². The maximum Gasteiger partial charge on any atom is 0.256 e. The van der Waals surface area contributed by atoms with E-state index in [0.717, 1.165) is 34.4 Å². The van der Waals surface area contributed by atoms with Crippen LogP contribution >= 0.6 is 0 Å². The first-order valence-corrected chi connectivity index (χ1v) is 14.9. The van der Waals surface area contributed by atoms with E-state index in [0.29, 0.717) is 5.95 Å². The molecule has 0 saturated heterocycles. The van der Waals surface area contributed by atoms with E-state index >= 15 is 0 Å². The zero-order chi connectivity index (χ0) is 29.3. The molecule has 0 aliphatic carbocycles. The summed E-state index contributed by atoms with van der Waals surface area (Å²) in [7, 11) is 0. The van der Waals surface area contributed by atoms with Crippen molar-refractivity contribution in [3.63, 3.8) is 0 Å². The summed E-state index contributed by atoms with van der Waals surface area (Å²) >= 11 is 0. The molecule has 0 bridgehead atoms. The Labute approximate surface area is 252 Å². The fraction of sp³-hybridized carbons (Fsp3) is 0.158. The first-order valence-electron chi connectivity index (χ1n) is 14.9. The summed E-state index contributed by atoms with van der Waals surface area (Å²) < 4.78 is 1.99. The van der Waals surface area contributed by atoms with E-state index in [2.05, 4.69) is 159 Å². The molecule has 2 aliphatic heterocycles. The van der Waals surface area contributed by atoms with E-state index in [-0.39, 0.29) is 10.8 Å². The summed E-state index contributed by atoms with van der Waals surface area (Å²) in [6.45, 7) is 9.21. The van der Waals surface area contributed by atoms with E-state index in [4.69, 9.17) is 10.1 Å². The lowest BCUT2D eigenvalue weighted by Crippen LogP contribution is -2.31. The number of nitrogens with zero attached hydrogens (tertiary/aromatic N) is 5. The van der Waals surface area contributed by atoms with Crippen molar-refractivity contribution in [3.8, 4) is 5.69 Å². The second kappa shape index (κ2) is 9.17. The number of aromatic nitrogens is 3. The third-order valence-corrected chi connectivity index (χ3v) is 9.25. The molecule has 5 aromatic carbocycles. The summed E-state index contributed by atoms with van der Waals surface area (Å²) in [5, 5.41) is 5.30. The van der Waals surface area contributed by atoms with Gasteiger partial charge < -0.3 is 0 Å². The Morgan fingerprint density at radius 3 is 1.26 bits per heavy atom. The van der Waals surface area contributed by atoms with E-state index in [1.807, 2.05) is 10.7 Å². The predicted molar refractivity (Wildman–Crippen MR) is 175 cm³/mol. The van der Waals surface area contributed by atoms with Crippen molar-refractivity contribution >= 4 is 34.6 Å². The summed E-state index contributed by atoms with van der Waals surface area (Å²) in [6, 6.07) is 44.9. The molecule has 5 nitrogen and oxygen atoms in total. The van der Waals surface area contributed by atoms with Crippen molar-refractivity contribution in [2.75, 3.05) is 9.80 Å². The van der Waals surface area contributed by atoms with Crippen molar-refractivity contribution in [3.05, 3.63) is 150 Å². The molecular weight excluding hydrogens is 526 g/mol. The third-order valence-electron chi connectivity index (χ3n) is 9.25. The Morgan fingerprint density at radius 2 is 0.814 bits per heavy atom. The lowest BCUT2D eigenvalue weighted by atomic mass is 9.74. The van der Waals surface area contributed by atoms with Gasteiger partial charge in [0.2, 0.25) is 5.95 Å². The van der Waals surface area contributed by atoms with Gasteiger partial charge in [-0.1, -0.05) is 119 Å². The van der Waals surface area contributed by atoms with Gasteiger partial charge in [-0.05, 0) is 58.7 Å². The lowest BCUT2D eigenvalue weighted by Gasteiger charge is -2.41. The number of anilines is 6. The van der Waals surface area contributed by atoms with Crippen LogP contribution < -0.4 is 9.80 Å². The fourth-order valence-corrected chi connectivity index (χ4v) is 7.04. The summed E-state index contributed by atoms with van der Waals surface area (Å²) in [5.74, 6) is 1.38. The van der Waals surface area contributed by atoms with Crippen LogP contribution in [0.2, 0.25) is 0 Å². The van der Waals surface area contributed by atoms with E-state index in [1.165, 1.54) is 22.3 Å². The van der Waals surface area contributed by atoms with E-state index < -0.39 is 0 Å². The maximum absolute atomic E-state index is 5.43. The molecule has 0 amide bonds. The smallest absolute Gasteiger partial charge is 0.256 e. The lowest BCUT2D eigenvalue weighted by molar-refractivity contribution is 0.629. The number of benzene rings is 5. The van der Waals surface area contributed by atoms with Crippen molar-refractivity contribution < 1.29 is 0 Å². The molecule has 0 unspecified atom stereocenters. The Balaban J connectivity index is 1.42. The van der Waals surface area contributed by atoms with Crippen molar-refractivity contribution in [1.82, 2.24) is 14.8 Å². The first-order chi connectivity index (χ1) is 20.9. The van der Waals surface area contributed by atoms with Gasteiger partial charge in [-0.2, -0.15) is 9.67 Å². The first kappa shape index (κ1) is 25.5. The van der Waals surface area contributed by atoms with Crippen molar-refractivity contribution in [2.24, 2.45) is 0 Å². The molecule has 0 N–H and O–H groups in total. The van der Waals surface area contributed by atoms with Gasteiger partial charge in [-0.15, -0.1) is 5.10 Å². The molecule has 2 aliphatic rings. The molecule has 0 saturated carbocycles. The summed E-state index contributed by atoms with van der Waals surface area (Å²) in [6.07, 6.45) is 0. The van der Waals surface area contributed by atoms with Crippen LogP contribution in [0.5, 0.6) is 0 Å². The molecule has 43 heavy (non-hydrogen) atoms. The SMILES string of the molecule is CC1(C)c2ccccc2N(c2nc(N3c4ccccc4C(C)(C)c4ccccc43)n(-c3ccccc3)n2)c2ccccc21. The predicted octanol–water partition coefficient (Wildman–Crippen LogP) is 9.49. The number of fused-ring (bicyclic) bond motifs is 4. The Morgan fingerprint density at radius 1 is 0.442 bits per heavy atom. The average Bonchev–Trinajstić information content (AvgIpc) is 3.46. The highest BCUT2D eigenvalue weighted by molar-refractivity contribution is 5.87. The van der Waals surface area contributed by atoms with Gasteiger partial charge in [0.25, 0.3) is 5.95 Å². The maximum atomic E-state index is 5.43. The van der Waals surface area contributed by atoms with Crippen LogP contribution in [0.25, 0.3) is 5.69 Å². The Bertz CT molecular complexity index is 1900. The fourth-order valence-electron chi connectivity index (χ4n) is 7.04. The number of rotatable bonds is 3. The molecule has 1 aromatic heterocycles. The van der Waals surface area contributed by atoms with Gasteiger partial charge in [-0.3, -0.25) is 9.80 Å². The van der Waals surface area contributed by atoms with E-state index in [1.54, 1.807) is 0 Å². The van der Waals surface area contributed by atoms with Crippen LogP contribution in [-0.4, -0.2) is 14.8 Å². The van der Waals surface area contributed by atoms with Crippen LogP contribution in [0.4, 0.5) is 34.6 Å². The highest BCUT2D eigenvalue weighted by atomic mass is 15.5. The standard InChI is InChI=1S/C38H33N5/c1-37(2)27-18-8-12-22-31(27)41(32-23-13-9-19-28(32)37)35-39-36(43(40-35)26-16-6-5-7-17-26)42-33-24-14-10-20-29(33)38(3,4)30-21-11-15-25-34(30)42/h5-25H,1-4H3. The number of hydrogen-bond donors (Lipinski definition) is 0. The minimum absolute atomic E-state index is 0.162. The minimum Gasteiger partial charge on any atom is -0.278 e. The van der Waals surface area contributed by atoms with Crippen molar-refractivity contribution in [2.45, 2.75) is 38.5 Å². The summed E-state index contributed by atoms with van der Waals surface area (Å²) in [4.78, 5) is 9.94. The summed E-state index contributed by atoms with van der Waals surface area (Å²) in [5.41, 5.74) is 10.1. The molecule has 210 valence electrons. The number of para-hydroxylation sites is 5. The average molecular weight is 560 g/mol. The third kappa shape index (κ3) is 3.64. The second-order valence-electron chi connectivity index (χ2n) is 12.4. The van der Waals surface area contributed by atoms with Gasteiger partial charge >= 0.3 is 0 Å². The molecule has 5 heteroatoms. The van der Waals surface area contributed by atoms with Crippen LogP contribution in [0.3, 0.4) is 0 Å². The molecule has 0 radical (unpaired) electrons. The highest BCUT2D eigenvalue weighted by Crippen LogP contribution is 2.54. The molecular formula is C38H33N5. The van der Waals surface area contributed by atoms with Gasteiger partial charge in [0.05, 0.1) is 28.4 Å². The molecule has 0 atom stereocenters. The van der Waals surface area contributed by atoms with E-state index in [9.17, 15) is 0 Å². The molecule has 0 spiro atoms. The quantitative estimate of drug-likeness (QED) is 0.216. The molecule has 0 fully saturated rings. The largest absolute Gasteiger partial charge is 0.278 e. The van der Waals surface area contributed by atoms with Gasteiger partial charge in [0, 0.05) is 10.8 Å².